The van der Waals surface area contributed by atoms with Gasteiger partial charge in [-0.25, -0.2) is 0 Å². The first-order valence-electron chi connectivity index (χ1n) is 6.54. The van der Waals surface area contributed by atoms with E-state index in [1.807, 2.05) is 18.2 Å². The molecule has 1 aliphatic rings. The molecule has 0 saturated carbocycles. The summed E-state index contributed by atoms with van der Waals surface area (Å²) in [6.45, 7) is 1.57. The Morgan fingerprint density at radius 1 is 1.58 bits per heavy atom. The molecule has 0 aromatic heterocycles. The highest BCUT2D eigenvalue weighted by Gasteiger charge is 2.21. The molecule has 0 spiro atoms. The fraction of sp³-hybridized carbons (Fsp3) is 0.500. The van der Waals surface area contributed by atoms with Crippen LogP contribution in [-0.2, 0) is 11.2 Å². The summed E-state index contributed by atoms with van der Waals surface area (Å²) in [5.41, 5.74) is 1.09. The summed E-state index contributed by atoms with van der Waals surface area (Å²) in [5, 5.41) is 6.16. The van der Waals surface area contributed by atoms with Crippen LogP contribution in [0.4, 0.5) is 0 Å². The Labute approximate surface area is 122 Å². The molecule has 1 aromatic carbocycles. The van der Waals surface area contributed by atoms with Gasteiger partial charge in [-0.2, -0.15) is 0 Å². The van der Waals surface area contributed by atoms with Crippen LogP contribution in [0.15, 0.2) is 22.7 Å². The zero-order valence-electron chi connectivity index (χ0n) is 11.0. The van der Waals surface area contributed by atoms with Gasteiger partial charge in [-0.05, 0) is 49.6 Å². The van der Waals surface area contributed by atoms with Crippen LogP contribution < -0.4 is 15.4 Å². The van der Waals surface area contributed by atoms with Gasteiger partial charge in [-0.15, -0.1) is 0 Å². The van der Waals surface area contributed by atoms with E-state index >= 15 is 0 Å². The molecule has 19 heavy (non-hydrogen) atoms. The maximum atomic E-state index is 11.8. The van der Waals surface area contributed by atoms with Gasteiger partial charge in [-0.1, -0.05) is 15.9 Å². The number of nitrogens with one attached hydrogen (secondary N) is 2. The van der Waals surface area contributed by atoms with E-state index in [1.165, 1.54) is 0 Å². The van der Waals surface area contributed by atoms with Gasteiger partial charge in [0, 0.05) is 11.0 Å². The first-order valence-corrected chi connectivity index (χ1v) is 7.33. The Morgan fingerprint density at radius 2 is 2.42 bits per heavy atom. The Balaban J connectivity index is 1.84. The van der Waals surface area contributed by atoms with E-state index in [9.17, 15) is 4.79 Å². The third-order valence-electron chi connectivity index (χ3n) is 3.31. The first kappa shape index (κ1) is 14.3. The van der Waals surface area contributed by atoms with Crippen molar-refractivity contribution in [1.29, 1.82) is 0 Å². The first-order chi connectivity index (χ1) is 9.20. The molecular formula is C14H19BrN2O2. The molecule has 5 heteroatoms. The van der Waals surface area contributed by atoms with Crippen LogP contribution in [0.2, 0.25) is 0 Å². The number of carbonyl (C=O) groups is 1. The Morgan fingerprint density at radius 3 is 3.11 bits per heavy atom. The van der Waals surface area contributed by atoms with Crippen molar-refractivity contribution in [1.82, 2.24) is 10.6 Å². The van der Waals surface area contributed by atoms with E-state index in [0.717, 1.165) is 41.6 Å². The summed E-state index contributed by atoms with van der Waals surface area (Å²) in [6, 6.07) is 5.89. The predicted octanol–water partition coefficient (Wildman–Crippen LogP) is 1.87. The number of halogens is 1. The van der Waals surface area contributed by atoms with Crippen LogP contribution in [0.25, 0.3) is 0 Å². The van der Waals surface area contributed by atoms with Crippen LogP contribution in [0, 0.1) is 0 Å². The van der Waals surface area contributed by atoms with E-state index in [4.69, 9.17) is 4.74 Å². The Bertz CT molecular complexity index is 445. The van der Waals surface area contributed by atoms with Gasteiger partial charge in [-0.3, -0.25) is 4.79 Å². The number of benzene rings is 1. The molecule has 104 valence electrons. The largest absolute Gasteiger partial charge is 0.496 e. The van der Waals surface area contributed by atoms with E-state index in [-0.39, 0.29) is 11.9 Å². The number of hydrogen-bond donors (Lipinski definition) is 2. The van der Waals surface area contributed by atoms with Crippen molar-refractivity contribution >= 4 is 21.8 Å². The van der Waals surface area contributed by atoms with Crippen molar-refractivity contribution in [2.75, 3.05) is 20.2 Å². The van der Waals surface area contributed by atoms with Gasteiger partial charge in [0.25, 0.3) is 0 Å². The zero-order chi connectivity index (χ0) is 13.7. The lowest BCUT2D eigenvalue weighted by Gasteiger charge is -2.12. The Kier molecular flexibility index (Phi) is 5.22. The molecule has 1 fully saturated rings. The zero-order valence-corrected chi connectivity index (χ0v) is 12.6. The molecule has 2 N–H and O–H groups in total. The summed E-state index contributed by atoms with van der Waals surface area (Å²) < 4.78 is 6.33. The number of amides is 1. The SMILES string of the molecule is COc1ccc(Br)cc1CCNC(=O)C1CCCN1. The number of ether oxygens (including phenoxy) is 1. The van der Waals surface area contributed by atoms with Crippen LogP contribution in [0.3, 0.4) is 0 Å². The van der Waals surface area contributed by atoms with Crippen LogP contribution in [0.1, 0.15) is 18.4 Å². The second kappa shape index (κ2) is 6.91. The molecule has 4 nitrogen and oxygen atoms in total. The maximum Gasteiger partial charge on any atom is 0.237 e. The lowest BCUT2D eigenvalue weighted by molar-refractivity contribution is -0.122. The number of methoxy groups -OCH3 is 1. The van der Waals surface area contributed by atoms with Gasteiger partial charge in [0.1, 0.15) is 5.75 Å². The molecule has 1 heterocycles. The highest BCUT2D eigenvalue weighted by Crippen LogP contribution is 2.23. The summed E-state index contributed by atoms with van der Waals surface area (Å²) in [5.74, 6) is 0.961. The van der Waals surface area contributed by atoms with Gasteiger partial charge in [0.15, 0.2) is 0 Å². The minimum absolute atomic E-state index is 0.00981. The summed E-state index contributed by atoms with van der Waals surface area (Å²) >= 11 is 3.45. The predicted molar refractivity (Wildman–Crippen MR) is 78.4 cm³/mol. The topological polar surface area (TPSA) is 50.4 Å². The van der Waals surface area contributed by atoms with E-state index in [2.05, 4.69) is 26.6 Å². The minimum atomic E-state index is -0.00981. The number of rotatable bonds is 5. The van der Waals surface area contributed by atoms with Crippen LogP contribution in [-0.4, -0.2) is 32.1 Å². The van der Waals surface area contributed by atoms with Crippen molar-refractivity contribution < 1.29 is 9.53 Å². The number of carbonyl (C=O) groups excluding carboxylic acids is 1. The van der Waals surface area contributed by atoms with Crippen LogP contribution >= 0.6 is 15.9 Å². The molecule has 0 radical (unpaired) electrons. The molecule has 1 aromatic rings. The van der Waals surface area contributed by atoms with Gasteiger partial charge in [0.2, 0.25) is 5.91 Å². The van der Waals surface area contributed by atoms with Gasteiger partial charge >= 0.3 is 0 Å². The molecular weight excluding hydrogens is 308 g/mol. The average Bonchev–Trinajstić information content (AvgIpc) is 2.93. The maximum absolute atomic E-state index is 11.8. The fourth-order valence-electron chi connectivity index (χ4n) is 2.29. The van der Waals surface area contributed by atoms with E-state index in [1.54, 1.807) is 7.11 Å². The quantitative estimate of drug-likeness (QED) is 0.868. The summed E-state index contributed by atoms with van der Waals surface area (Å²) in [4.78, 5) is 11.8. The Hall–Kier alpha value is -1.07. The molecule has 2 rings (SSSR count). The third kappa shape index (κ3) is 3.94. The molecule has 1 aliphatic heterocycles. The van der Waals surface area contributed by atoms with Crippen molar-refractivity contribution in [2.24, 2.45) is 0 Å². The van der Waals surface area contributed by atoms with Crippen molar-refractivity contribution in [3.63, 3.8) is 0 Å². The smallest absolute Gasteiger partial charge is 0.237 e. The summed E-state index contributed by atoms with van der Waals surface area (Å²) in [7, 11) is 1.66. The van der Waals surface area contributed by atoms with E-state index < -0.39 is 0 Å². The normalized spacial score (nSPS) is 18.3. The minimum Gasteiger partial charge on any atom is -0.496 e. The average molecular weight is 327 g/mol. The number of hydrogen-bond acceptors (Lipinski definition) is 3. The molecule has 1 atom stereocenters. The van der Waals surface area contributed by atoms with Crippen molar-refractivity contribution in [3.8, 4) is 5.75 Å². The van der Waals surface area contributed by atoms with Crippen molar-refractivity contribution in [2.45, 2.75) is 25.3 Å². The highest BCUT2D eigenvalue weighted by molar-refractivity contribution is 9.10. The molecule has 0 aliphatic carbocycles. The van der Waals surface area contributed by atoms with Crippen LogP contribution in [0.5, 0.6) is 5.75 Å². The molecule has 0 bridgehead atoms. The standard InChI is InChI=1S/C14H19BrN2O2/c1-19-13-5-4-11(15)9-10(13)6-8-17-14(18)12-3-2-7-16-12/h4-5,9,12,16H,2-3,6-8H2,1H3,(H,17,18). The fourth-order valence-corrected chi connectivity index (χ4v) is 2.70. The van der Waals surface area contributed by atoms with Gasteiger partial charge in [0.05, 0.1) is 13.2 Å². The molecule has 1 saturated heterocycles. The second-order valence-electron chi connectivity index (χ2n) is 4.65. The van der Waals surface area contributed by atoms with E-state index in [0.29, 0.717) is 6.54 Å². The lowest BCUT2D eigenvalue weighted by Crippen LogP contribution is -2.41. The highest BCUT2D eigenvalue weighted by atomic mass is 79.9. The molecule has 1 amide bonds. The lowest BCUT2D eigenvalue weighted by atomic mass is 10.1. The second-order valence-corrected chi connectivity index (χ2v) is 5.56. The third-order valence-corrected chi connectivity index (χ3v) is 3.81. The van der Waals surface area contributed by atoms with Crippen molar-refractivity contribution in [3.05, 3.63) is 28.2 Å². The molecule has 1 unspecified atom stereocenters. The van der Waals surface area contributed by atoms with Gasteiger partial charge < -0.3 is 15.4 Å². The monoisotopic (exact) mass is 326 g/mol. The summed E-state index contributed by atoms with van der Waals surface area (Å²) in [6.07, 6.45) is 2.78.